The molecule has 26 heavy (non-hydrogen) atoms. The minimum absolute atomic E-state index is 0.574. The van der Waals surface area contributed by atoms with Crippen LogP contribution in [0.15, 0.2) is 12.4 Å². The molecule has 0 N–H and O–H groups in total. The standard InChI is InChI=1S/C24H47N2/c1-5-7-9-11-12-13-14-15-16-18-20-25-21-22-26(23(3)4)24(25)19-17-10-8-6-2/h21-23H,5-20H2,1-4H3/q+1. The van der Waals surface area contributed by atoms with E-state index in [0.29, 0.717) is 6.04 Å². The summed E-state index contributed by atoms with van der Waals surface area (Å²) in [6.45, 7) is 10.4. The van der Waals surface area contributed by atoms with Crippen LogP contribution in [0.5, 0.6) is 0 Å². The molecule has 0 aliphatic carbocycles. The second-order valence-corrected chi connectivity index (χ2v) is 8.40. The summed E-state index contributed by atoms with van der Waals surface area (Å²) in [5, 5.41) is 0. The molecule has 0 radical (unpaired) electrons. The van der Waals surface area contributed by atoms with Crippen LogP contribution in [0.4, 0.5) is 0 Å². The van der Waals surface area contributed by atoms with E-state index in [4.69, 9.17) is 0 Å². The predicted octanol–water partition coefficient (Wildman–Crippen LogP) is 7.40. The highest BCUT2D eigenvalue weighted by Gasteiger charge is 2.18. The van der Waals surface area contributed by atoms with E-state index in [-0.39, 0.29) is 0 Å². The molecule has 152 valence electrons. The van der Waals surface area contributed by atoms with Crippen LogP contribution in [0.1, 0.15) is 129 Å². The van der Waals surface area contributed by atoms with Gasteiger partial charge in [0, 0.05) is 6.42 Å². The first kappa shape index (κ1) is 23.2. The van der Waals surface area contributed by atoms with Gasteiger partial charge in [-0.25, -0.2) is 9.13 Å². The average Bonchev–Trinajstić information content (AvgIpc) is 3.03. The van der Waals surface area contributed by atoms with Gasteiger partial charge in [0.15, 0.2) is 0 Å². The number of hydrogen-bond acceptors (Lipinski definition) is 0. The van der Waals surface area contributed by atoms with Crippen LogP contribution >= 0.6 is 0 Å². The molecule has 0 saturated carbocycles. The maximum Gasteiger partial charge on any atom is 0.256 e. The van der Waals surface area contributed by atoms with Crippen molar-refractivity contribution in [3.63, 3.8) is 0 Å². The lowest BCUT2D eigenvalue weighted by Crippen LogP contribution is -2.37. The van der Waals surface area contributed by atoms with E-state index in [1.54, 1.807) is 5.82 Å². The molecule has 1 aromatic rings. The number of imidazole rings is 1. The highest BCUT2D eigenvalue weighted by molar-refractivity contribution is 4.86. The van der Waals surface area contributed by atoms with Crippen molar-refractivity contribution in [2.24, 2.45) is 0 Å². The number of hydrogen-bond donors (Lipinski definition) is 0. The van der Waals surface area contributed by atoms with Crippen LogP contribution < -0.4 is 4.57 Å². The minimum Gasteiger partial charge on any atom is -0.234 e. The molecule has 0 amide bonds. The smallest absolute Gasteiger partial charge is 0.234 e. The largest absolute Gasteiger partial charge is 0.256 e. The Morgan fingerprint density at radius 3 is 1.77 bits per heavy atom. The molecule has 0 saturated heterocycles. The molecule has 0 atom stereocenters. The Balaban J connectivity index is 2.24. The zero-order valence-corrected chi connectivity index (χ0v) is 18.4. The molecule has 0 fully saturated rings. The highest BCUT2D eigenvalue weighted by atomic mass is 15.2. The van der Waals surface area contributed by atoms with Crippen molar-refractivity contribution in [2.45, 2.75) is 137 Å². The van der Waals surface area contributed by atoms with Gasteiger partial charge in [0.2, 0.25) is 0 Å². The second kappa shape index (κ2) is 15.3. The Hall–Kier alpha value is -0.790. The summed E-state index contributed by atoms with van der Waals surface area (Å²) in [6, 6.07) is 0.574. The SMILES string of the molecule is CCCCCCCCCCCC[n+]1ccn(C(C)C)c1CCCCCC. The molecule has 2 heteroatoms. The quantitative estimate of drug-likeness (QED) is 0.201. The Bertz CT molecular complexity index is 433. The van der Waals surface area contributed by atoms with Gasteiger partial charge in [0.25, 0.3) is 5.82 Å². The molecule has 0 aromatic carbocycles. The van der Waals surface area contributed by atoms with Crippen LogP contribution in [-0.4, -0.2) is 4.57 Å². The van der Waals surface area contributed by atoms with Gasteiger partial charge in [-0.3, -0.25) is 0 Å². The lowest BCUT2D eigenvalue weighted by molar-refractivity contribution is -0.704. The Morgan fingerprint density at radius 1 is 0.731 bits per heavy atom. The molecule has 0 unspecified atom stereocenters. The van der Waals surface area contributed by atoms with Crippen molar-refractivity contribution < 1.29 is 4.57 Å². The molecule has 0 bridgehead atoms. The van der Waals surface area contributed by atoms with Crippen LogP contribution in [-0.2, 0) is 13.0 Å². The van der Waals surface area contributed by atoms with Gasteiger partial charge in [-0.2, -0.15) is 0 Å². The fourth-order valence-electron chi connectivity index (χ4n) is 3.90. The van der Waals surface area contributed by atoms with E-state index in [0.717, 1.165) is 0 Å². The van der Waals surface area contributed by atoms with Gasteiger partial charge in [0.05, 0.1) is 12.6 Å². The van der Waals surface area contributed by atoms with Crippen LogP contribution in [0.2, 0.25) is 0 Å². The average molecular weight is 364 g/mol. The summed E-state index contributed by atoms with van der Waals surface area (Å²) >= 11 is 0. The molecule has 1 aromatic heterocycles. The molecule has 0 spiro atoms. The first-order valence-corrected chi connectivity index (χ1v) is 11.8. The summed E-state index contributed by atoms with van der Waals surface area (Å²) in [7, 11) is 0. The van der Waals surface area contributed by atoms with Crippen molar-refractivity contribution in [3.8, 4) is 0 Å². The third-order valence-corrected chi connectivity index (χ3v) is 5.60. The van der Waals surface area contributed by atoms with E-state index < -0.39 is 0 Å². The van der Waals surface area contributed by atoms with Crippen molar-refractivity contribution >= 4 is 0 Å². The predicted molar refractivity (Wildman–Crippen MR) is 115 cm³/mol. The summed E-state index contributed by atoms with van der Waals surface area (Å²) in [5.74, 6) is 1.55. The Labute approximate surface area is 164 Å². The lowest BCUT2D eigenvalue weighted by Gasteiger charge is -2.08. The third-order valence-electron chi connectivity index (χ3n) is 5.60. The molecular weight excluding hydrogens is 316 g/mol. The normalized spacial score (nSPS) is 11.6. The zero-order valence-electron chi connectivity index (χ0n) is 18.4. The molecular formula is C24H47N2+. The third kappa shape index (κ3) is 9.78. The monoisotopic (exact) mass is 363 g/mol. The van der Waals surface area contributed by atoms with Crippen molar-refractivity contribution in [3.05, 3.63) is 18.2 Å². The van der Waals surface area contributed by atoms with Gasteiger partial charge >= 0.3 is 0 Å². The second-order valence-electron chi connectivity index (χ2n) is 8.40. The molecule has 2 nitrogen and oxygen atoms in total. The van der Waals surface area contributed by atoms with Gasteiger partial charge in [-0.15, -0.1) is 0 Å². The van der Waals surface area contributed by atoms with Crippen molar-refractivity contribution in [2.75, 3.05) is 0 Å². The highest BCUT2D eigenvalue weighted by Crippen LogP contribution is 2.13. The molecule has 1 rings (SSSR count). The first-order valence-electron chi connectivity index (χ1n) is 11.8. The number of nitrogens with zero attached hydrogens (tertiary/aromatic N) is 2. The molecule has 0 aliphatic rings. The van der Waals surface area contributed by atoms with E-state index in [1.165, 1.54) is 103 Å². The maximum absolute atomic E-state index is 2.54. The Kier molecular flexibility index (Phi) is 13.7. The molecule has 1 heterocycles. The number of unbranched alkanes of at least 4 members (excludes halogenated alkanes) is 12. The summed E-state index contributed by atoms with van der Waals surface area (Å²) in [6.07, 6.45) is 25.4. The van der Waals surface area contributed by atoms with Crippen LogP contribution in [0, 0.1) is 0 Å². The van der Waals surface area contributed by atoms with E-state index >= 15 is 0 Å². The minimum atomic E-state index is 0.574. The van der Waals surface area contributed by atoms with Crippen LogP contribution in [0.25, 0.3) is 0 Å². The Morgan fingerprint density at radius 2 is 1.23 bits per heavy atom. The number of aromatic nitrogens is 2. The van der Waals surface area contributed by atoms with Crippen molar-refractivity contribution in [1.82, 2.24) is 4.57 Å². The van der Waals surface area contributed by atoms with Crippen LogP contribution in [0.3, 0.4) is 0 Å². The number of aryl methyl sites for hydroxylation is 1. The van der Waals surface area contributed by atoms with E-state index in [1.807, 2.05) is 0 Å². The summed E-state index contributed by atoms with van der Waals surface area (Å²) in [4.78, 5) is 0. The lowest BCUT2D eigenvalue weighted by atomic mass is 10.1. The van der Waals surface area contributed by atoms with Gasteiger partial charge < -0.3 is 0 Å². The summed E-state index contributed by atoms with van der Waals surface area (Å²) in [5.41, 5.74) is 0. The maximum atomic E-state index is 2.54. The van der Waals surface area contributed by atoms with Gasteiger partial charge in [-0.05, 0) is 33.1 Å². The molecule has 0 aliphatic heterocycles. The number of rotatable bonds is 17. The first-order chi connectivity index (χ1) is 12.7. The fraction of sp³-hybridized carbons (Fsp3) is 0.875. The van der Waals surface area contributed by atoms with E-state index in [2.05, 4.69) is 49.2 Å². The topological polar surface area (TPSA) is 8.81 Å². The van der Waals surface area contributed by atoms with Gasteiger partial charge in [0.1, 0.15) is 12.4 Å². The van der Waals surface area contributed by atoms with Gasteiger partial charge in [-0.1, -0.05) is 84.5 Å². The zero-order chi connectivity index (χ0) is 19.0. The van der Waals surface area contributed by atoms with E-state index in [9.17, 15) is 0 Å². The fourth-order valence-corrected chi connectivity index (χ4v) is 3.90. The summed E-state index contributed by atoms with van der Waals surface area (Å²) < 4.78 is 5.03. The van der Waals surface area contributed by atoms with Crippen molar-refractivity contribution in [1.29, 1.82) is 0 Å².